The van der Waals surface area contributed by atoms with Gasteiger partial charge in [-0.05, 0) is 30.3 Å². The maximum Gasteiger partial charge on any atom is 0.414 e. The van der Waals surface area contributed by atoms with Gasteiger partial charge >= 0.3 is 12.1 Å². The normalized spacial score (nSPS) is 19.8. The number of nitrogens with two attached hydrogens (primary N) is 1. The van der Waals surface area contributed by atoms with Gasteiger partial charge in [-0.2, -0.15) is 10.2 Å². The molecule has 0 aliphatic carbocycles. The molecule has 34 heavy (non-hydrogen) atoms. The van der Waals surface area contributed by atoms with Crippen LogP contribution in [0.25, 0.3) is 11.1 Å². The highest BCUT2D eigenvalue weighted by atomic mass is 19.1. The van der Waals surface area contributed by atoms with E-state index in [1.807, 2.05) is 0 Å². The number of hydrogen-bond acceptors (Lipinski definition) is 9. The van der Waals surface area contributed by atoms with Crippen LogP contribution in [0.1, 0.15) is 0 Å². The van der Waals surface area contributed by atoms with Crippen LogP contribution in [0.2, 0.25) is 0 Å². The third-order valence-electron chi connectivity index (χ3n) is 5.69. The number of pyridine rings is 1. The number of urea groups is 1. The average molecular weight is 467 g/mol. The molecule has 0 saturated carbocycles. The highest BCUT2D eigenvalue weighted by Crippen LogP contribution is 2.30. The lowest BCUT2D eigenvalue weighted by Crippen LogP contribution is -2.43. The summed E-state index contributed by atoms with van der Waals surface area (Å²) in [6.07, 6.45) is 2.16. The molecule has 4 heterocycles. The number of hydrogen-bond donors (Lipinski definition) is 1. The van der Waals surface area contributed by atoms with E-state index in [-0.39, 0.29) is 6.10 Å². The number of primary amides is 1. The van der Waals surface area contributed by atoms with E-state index in [1.54, 1.807) is 40.4 Å². The Morgan fingerprint density at radius 1 is 1.21 bits per heavy atom. The van der Waals surface area contributed by atoms with Crippen LogP contribution in [0.3, 0.4) is 0 Å². The summed E-state index contributed by atoms with van der Waals surface area (Å²) in [5, 5.41) is 14.8. The number of amides is 3. The molecular formula is C21H22FN9O3. The van der Waals surface area contributed by atoms with Crippen molar-refractivity contribution in [3.63, 3.8) is 0 Å². The zero-order chi connectivity index (χ0) is 23.7. The van der Waals surface area contributed by atoms with Crippen molar-refractivity contribution in [2.75, 3.05) is 49.1 Å². The molecule has 3 aliphatic rings. The molecule has 3 aliphatic heterocycles. The van der Waals surface area contributed by atoms with E-state index in [1.165, 1.54) is 17.3 Å². The van der Waals surface area contributed by atoms with Gasteiger partial charge in [-0.25, -0.2) is 24.0 Å². The van der Waals surface area contributed by atoms with Gasteiger partial charge in [-0.3, -0.25) is 9.91 Å². The number of halogens is 1. The Labute approximate surface area is 194 Å². The van der Waals surface area contributed by atoms with Crippen molar-refractivity contribution in [2.24, 2.45) is 21.2 Å². The lowest BCUT2D eigenvalue weighted by molar-refractivity contribution is 0.114. The van der Waals surface area contributed by atoms with E-state index >= 15 is 0 Å². The predicted molar refractivity (Wildman–Crippen MR) is 121 cm³/mol. The summed E-state index contributed by atoms with van der Waals surface area (Å²) in [6.45, 7) is 2.91. The zero-order valence-electron chi connectivity index (χ0n) is 18.1. The number of rotatable bonds is 5. The number of cyclic esters (lactones) is 1. The first kappa shape index (κ1) is 21.6. The Bertz CT molecular complexity index is 1160. The molecule has 13 heteroatoms. The summed E-state index contributed by atoms with van der Waals surface area (Å²) in [4.78, 5) is 31.1. The van der Waals surface area contributed by atoms with Gasteiger partial charge in [-0.15, -0.1) is 0 Å². The molecule has 1 atom stereocenters. The fourth-order valence-electron chi connectivity index (χ4n) is 3.93. The number of anilines is 2. The molecular weight excluding hydrogens is 445 g/mol. The van der Waals surface area contributed by atoms with Crippen LogP contribution in [0.15, 0.2) is 52.0 Å². The minimum atomic E-state index is -0.617. The number of ether oxygens (including phenoxy) is 1. The standard InChI is InChI=1S/C21H22FN9O3/c22-18-9-15(30-12-16(34-21(30)33)11-29-6-5-25-27-29)2-3-17(18)14-1-4-19(24-10-14)28-7-8-31(20(23)32)26-13-28/h1-4,9-10,13,16H,5-8,11-12H2,(H2,23,32)/t16-/m0/s1. The van der Waals surface area contributed by atoms with Crippen LogP contribution in [0.5, 0.6) is 0 Å². The smallest absolute Gasteiger partial charge is 0.414 e. The van der Waals surface area contributed by atoms with Crippen molar-refractivity contribution in [1.82, 2.24) is 15.0 Å². The van der Waals surface area contributed by atoms with Gasteiger partial charge in [-0.1, -0.05) is 5.22 Å². The summed E-state index contributed by atoms with van der Waals surface area (Å²) in [6, 6.07) is 7.49. The molecule has 176 valence electrons. The molecule has 0 radical (unpaired) electrons. The predicted octanol–water partition coefficient (Wildman–Crippen LogP) is 2.04. The zero-order valence-corrected chi connectivity index (χ0v) is 18.1. The molecule has 0 unspecified atom stereocenters. The molecule has 3 amide bonds. The molecule has 1 fully saturated rings. The van der Waals surface area contributed by atoms with Crippen LogP contribution in [-0.4, -0.2) is 78.8 Å². The van der Waals surface area contributed by atoms with Crippen molar-refractivity contribution in [3.05, 3.63) is 42.3 Å². The topological polar surface area (TPSA) is 132 Å². The second kappa shape index (κ2) is 8.92. The lowest BCUT2D eigenvalue weighted by Gasteiger charge is -2.26. The molecule has 0 spiro atoms. The summed E-state index contributed by atoms with van der Waals surface area (Å²) in [7, 11) is 0. The maximum absolute atomic E-state index is 15.0. The van der Waals surface area contributed by atoms with Crippen molar-refractivity contribution in [1.29, 1.82) is 0 Å². The molecule has 2 aromatic rings. The van der Waals surface area contributed by atoms with E-state index in [2.05, 4.69) is 20.4 Å². The molecule has 2 N–H and O–H groups in total. The Morgan fingerprint density at radius 3 is 2.74 bits per heavy atom. The molecule has 1 aromatic heterocycles. The van der Waals surface area contributed by atoms with Crippen LogP contribution in [0, 0.1) is 5.82 Å². The van der Waals surface area contributed by atoms with Gasteiger partial charge in [0.25, 0.3) is 0 Å². The first-order valence-corrected chi connectivity index (χ1v) is 10.7. The van der Waals surface area contributed by atoms with Crippen LogP contribution < -0.4 is 15.5 Å². The van der Waals surface area contributed by atoms with E-state index in [0.717, 1.165) is 5.01 Å². The SMILES string of the molecule is NC(=O)N1CCN(c2ccc(-c3ccc(N4C[C@H](CN5CCN=N5)OC4=O)cc3F)cn2)C=N1. The van der Waals surface area contributed by atoms with E-state index in [0.29, 0.717) is 61.9 Å². The van der Waals surface area contributed by atoms with Gasteiger partial charge in [0.15, 0.2) is 0 Å². The molecule has 12 nitrogen and oxygen atoms in total. The highest BCUT2D eigenvalue weighted by molar-refractivity contribution is 5.90. The van der Waals surface area contributed by atoms with E-state index in [9.17, 15) is 14.0 Å². The number of benzene rings is 1. The maximum atomic E-state index is 15.0. The first-order chi connectivity index (χ1) is 16.5. The van der Waals surface area contributed by atoms with Gasteiger partial charge in [0.1, 0.15) is 24.1 Å². The number of hydrazone groups is 1. The van der Waals surface area contributed by atoms with Crippen molar-refractivity contribution in [3.8, 4) is 11.1 Å². The quantitative estimate of drug-likeness (QED) is 0.716. The minimum absolute atomic E-state index is 0.310. The number of nitrogens with zero attached hydrogens (tertiary/aromatic N) is 8. The van der Waals surface area contributed by atoms with E-state index < -0.39 is 17.9 Å². The number of carbonyl (C=O) groups excluding carboxylic acids is 2. The molecule has 0 bridgehead atoms. The van der Waals surface area contributed by atoms with Crippen LogP contribution in [0.4, 0.5) is 25.5 Å². The van der Waals surface area contributed by atoms with E-state index in [4.69, 9.17) is 10.5 Å². The fourth-order valence-corrected chi connectivity index (χ4v) is 3.93. The Morgan fingerprint density at radius 2 is 2.09 bits per heavy atom. The van der Waals surface area contributed by atoms with Crippen molar-refractivity contribution >= 4 is 30.0 Å². The Balaban J connectivity index is 1.27. The van der Waals surface area contributed by atoms with Crippen LogP contribution in [-0.2, 0) is 4.74 Å². The lowest BCUT2D eigenvalue weighted by atomic mass is 10.1. The first-order valence-electron chi connectivity index (χ1n) is 10.7. The molecule has 1 saturated heterocycles. The number of aromatic nitrogens is 1. The Kier molecular flexibility index (Phi) is 5.65. The molecule has 5 rings (SSSR count). The highest BCUT2D eigenvalue weighted by Gasteiger charge is 2.34. The van der Waals surface area contributed by atoms with Gasteiger partial charge < -0.3 is 15.4 Å². The monoisotopic (exact) mass is 467 g/mol. The third kappa shape index (κ3) is 4.31. The summed E-state index contributed by atoms with van der Waals surface area (Å²) in [5.41, 5.74) is 6.58. The Hall–Kier alpha value is -4.29. The average Bonchev–Trinajstić information content (AvgIpc) is 3.49. The van der Waals surface area contributed by atoms with Crippen molar-refractivity contribution < 1.29 is 18.7 Å². The largest absolute Gasteiger partial charge is 0.442 e. The molecule has 1 aromatic carbocycles. The van der Waals surface area contributed by atoms with Gasteiger partial charge in [0.05, 0.1) is 38.4 Å². The summed E-state index contributed by atoms with van der Waals surface area (Å²) >= 11 is 0. The number of carbonyl (C=O) groups is 2. The third-order valence-corrected chi connectivity index (χ3v) is 5.69. The minimum Gasteiger partial charge on any atom is -0.442 e. The second-order valence-corrected chi connectivity index (χ2v) is 7.94. The fraction of sp³-hybridized carbons (Fsp3) is 0.333. The summed E-state index contributed by atoms with van der Waals surface area (Å²) < 4.78 is 20.4. The van der Waals surface area contributed by atoms with Gasteiger partial charge in [0, 0.05) is 23.9 Å². The van der Waals surface area contributed by atoms with Crippen molar-refractivity contribution in [2.45, 2.75) is 6.10 Å². The van der Waals surface area contributed by atoms with Crippen LogP contribution >= 0.6 is 0 Å². The van der Waals surface area contributed by atoms with Gasteiger partial charge in [0.2, 0.25) is 0 Å². The second-order valence-electron chi connectivity index (χ2n) is 7.94. The summed E-state index contributed by atoms with van der Waals surface area (Å²) in [5.74, 6) is 0.130.